The summed E-state index contributed by atoms with van der Waals surface area (Å²) in [6, 6.07) is 6.46. The van der Waals surface area contributed by atoms with Crippen LogP contribution < -0.4 is 4.74 Å². The van der Waals surface area contributed by atoms with E-state index in [-0.39, 0.29) is 5.82 Å². The van der Waals surface area contributed by atoms with Crippen LogP contribution in [-0.4, -0.2) is 10.9 Å². The largest absolute Gasteiger partial charge is 0.487 e. The summed E-state index contributed by atoms with van der Waals surface area (Å²) in [7, 11) is 0. The molecule has 1 aromatic carbocycles. The van der Waals surface area contributed by atoms with Crippen LogP contribution in [0, 0.1) is 24.6 Å². The molecule has 0 aliphatic heterocycles. The third-order valence-electron chi connectivity index (χ3n) is 2.87. The van der Waals surface area contributed by atoms with Gasteiger partial charge in [0.05, 0.1) is 6.20 Å². The van der Waals surface area contributed by atoms with Gasteiger partial charge in [-0.1, -0.05) is 17.9 Å². The third-order valence-corrected chi connectivity index (χ3v) is 3.06. The van der Waals surface area contributed by atoms with Crippen LogP contribution in [0.5, 0.6) is 5.75 Å². The topological polar surface area (TPSA) is 22.1 Å². The zero-order valence-corrected chi connectivity index (χ0v) is 12.5. The van der Waals surface area contributed by atoms with E-state index in [2.05, 4.69) is 16.8 Å². The molecule has 2 nitrogen and oxygen atoms in total. The van der Waals surface area contributed by atoms with Gasteiger partial charge in [0.25, 0.3) is 0 Å². The molecule has 2 aromatic rings. The molecule has 1 aromatic heterocycles. The summed E-state index contributed by atoms with van der Waals surface area (Å²) in [6.45, 7) is 2.22. The van der Waals surface area contributed by atoms with Gasteiger partial charge in [0, 0.05) is 24.1 Å². The summed E-state index contributed by atoms with van der Waals surface area (Å²) in [5, 5.41) is 0. The van der Waals surface area contributed by atoms with E-state index in [1.54, 1.807) is 18.5 Å². The van der Waals surface area contributed by atoms with Gasteiger partial charge in [0.2, 0.25) is 0 Å². The van der Waals surface area contributed by atoms with Crippen molar-refractivity contribution in [3.63, 3.8) is 0 Å². The number of rotatable bonds is 4. The van der Waals surface area contributed by atoms with E-state index in [9.17, 15) is 4.39 Å². The minimum absolute atomic E-state index is 0.266. The lowest BCUT2D eigenvalue weighted by Gasteiger charge is -2.08. The zero-order valence-electron chi connectivity index (χ0n) is 11.7. The first-order valence-electron chi connectivity index (χ1n) is 6.57. The van der Waals surface area contributed by atoms with Crippen LogP contribution in [-0.2, 0) is 6.61 Å². The standard InChI is InChI=1S/C17H15ClFNO/c1-13-5-6-16(19)9-15(13)12-21-17-8-14(10-20-11-17)4-2-3-7-18/h5-6,8-11H,3,7,12H2,1H3. The van der Waals surface area contributed by atoms with Crippen molar-refractivity contribution in [3.8, 4) is 17.6 Å². The van der Waals surface area contributed by atoms with Gasteiger partial charge < -0.3 is 4.74 Å². The fourth-order valence-electron chi connectivity index (χ4n) is 1.73. The molecule has 0 saturated heterocycles. The van der Waals surface area contributed by atoms with Crippen LogP contribution in [0.1, 0.15) is 23.1 Å². The molecule has 0 bridgehead atoms. The first kappa shape index (κ1) is 15.3. The SMILES string of the molecule is Cc1ccc(F)cc1COc1cncc(C#CCCCl)c1. The van der Waals surface area contributed by atoms with Crippen molar-refractivity contribution < 1.29 is 9.13 Å². The maximum absolute atomic E-state index is 13.2. The summed E-state index contributed by atoms with van der Waals surface area (Å²) < 4.78 is 18.9. The second kappa shape index (κ2) is 7.66. The fraction of sp³-hybridized carbons (Fsp3) is 0.235. The Hall–Kier alpha value is -2.05. The number of nitrogens with zero attached hydrogens (tertiary/aromatic N) is 1. The third kappa shape index (κ3) is 4.77. The Morgan fingerprint density at radius 1 is 1.29 bits per heavy atom. The second-order valence-corrected chi connectivity index (χ2v) is 4.89. The van der Waals surface area contributed by atoms with Gasteiger partial charge in [-0.25, -0.2) is 4.39 Å². The van der Waals surface area contributed by atoms with Crippen molar-refractivity contribution in [3.05, 3.63) is 59.2 Å². The molecule has 1 heterocycles. The first-order chi connectivity index (χ1) is 10.2. The Balaban J connectivity index is 2.05. The highest BCUT2D eigenvalue weighted by molar-refractivity contribution is 6.18. The van der Waals surface area contributed by atoms with Crippen LogP contribution in [0.2, 0.25) is 0 Å². The van der Waals surface area contributed by atoms with E-state index in [0.29, 0.717) is 24.7 Å². The molecule has 0 fully saturated rings. The Bertz CT molecular complexity index is 676. The highest BCUT2D eigenvalue weighted by Gasteiger charge is 2.02. The highest BCUT2D eigenvalue weighted by Crippen LogP contribution is 2.16. The molecule has 0 atom stereocenters. The predicted molar refractivity (Wildman–Crippen MR) is 81.9 cm³/mol. The zero-order chi connectivity index (χ0) is 15.1. The number of ether oxygens (including phenoxy) is 1. The number of alkyl halides is 1. The summed E-state index contributed by atoms with van der Waals surface area (Å²) in [5.41, 5.74) is 2.57. The van der Waals surface area contributed by atoms with Gasteiger partial charge >= 0.3 is 0 Å². The molecule has 0 spiro atoms. The lowest BCUT2D eigenvalue weighted by molar-refractivity contribution is 0.303. The van der Waals surface area contributed by atoms with Gasteiger partial charge in [0.15, 0.2) is 0 Å². The Morgan fingerprint density at radius 3 is 2.95 bits per heavy atom. The van der Waals surface area contributed by atoms with Gasteiger partial charge in [-0.2, -0.15) is 0 Å². The van der Waals surface area contributed by atoms with E-state index in [4.69, 9.17) is 16.3 Å². The molecule has 0 aliphatic carbocycles. The highest BCUT2D eigenvalue weighted by atomic mass is 35.5. The maximum Gasteiger partial charge on any atom is 0.139 e. The smallest absolute Gasteiger partial charge is 0.139 e. The molecule has 0 radical (unpaired) electrons. The summed E-state index contributed by atoms with van der Waals surface area (Å²) in [4.78, 5) is 4.08. The minimum Gasteiger partial charge on any atom is -0.487 e. The van der Waals surface area contributed by atoms with Crippen molar-refractivity contribution in [1.82, 2.24) is 4.98 Å². The van der Waals surface area contributed by atoms with E-state index in [1.165, 1.54) is 12.1 Å². The number of pyridine rings is 1. The molecule has 0 saturated carbocycles. The van der Waals surface area contributed by atoms with Crippen molar-refractivity contribution in [1.29, 1.82) is 0 Å². The predicted octanol–water partition coefficient (Wildman–Crippen LogP) is 4.09. The van der Waals surface area contributed by atoms with Crippen LogP contribution in [0.25, 0.3) is 0 Å². The number of hydrogen-bond acceptors (Lipinski definition) is 2. The quantitative estimate of drug-likeness (QED) is 0.627. The Kier molecular flexibility index (Phi) is 5.59. The molecule has 0 N–H and O–H groups in total. The van der Waals surface area contributed by atoms with Crippen LogP contribution >= 0.6 is 11.6 Å². The molecule has 2 rings (SSSR count). The van der Waals surface area contributed by atoms with Crippen molar-refractivity contribution in [2.45, 2.75) is 20.0 Å². The number of aromatic nitrogens is 1. The molecule has 108 valence electrons. The van der Waals surface area contributed by atoms with Gasteiger partial charge in [-0.3, -0.25) is 4.98 Å². The molecule has 0 unspecified atom stereocenters. The first-order valence-corrected chi connectivity index (χ1v) is 7.10. The average molecular weight is 304 g/mol. The molecule has 0 aliphatic rings. The number of benzene rings is 1. The summed E-state index contributed by atoms with van der Waals surface area (Å²) in [5.74, 6) is 6.76. The Morgan fingerprint density at radius 2 is 2.14 bits per heavy atom. The van der Waals surface area contributed by atoms with Gasteiger partial charge in [-0.15, -0.1) is 11.6 Å². The van der Waals surface area contributed by atoms with Crippen LogP contribution in [0.4, 0.5) is 4.39 Å². The average Bonchev–Trinajstić information content (AvgIpc) is 2.49. The van der Waals surface area contributed by atoms with E-state index < -0.39 is 0 Å². The Labute approximate surface area is 128 Å². The maximum atomic E-state index is 13.2. The molecule has 21 heavy (non-hydrogen) atoms. The number of halogens is 2. The minimum atomic E-state index is -0.266. The fourth-order valence-corrected chi connectivity index (χ4v) is 1.83. The van der Waals surface area contributed by atoms with Gasteiger partial charge in [0.1, 0.15) is 18.2 Å². The van der Waals surface area contributed by atoms with E-state index >= 15 is 0 Å². The number of aryl methyl sites for hydroxylation is 1. The van der Waals surface area contributed by atoms with Crippen molar-refractivity contribution in [2.24, 2.45) is 0 Å². The van der Waals surface area contributed by atoms with Crippen LogP contribution in [0.3, 0.4) is 0 Å². The monoisotopic (exact) mass is 303 g/mol. The molecule has 4 heteroatoms. The molecular formula is C17H15ClFNO. The lowest BCUT2D eigenvalue weighted by atomic mass is 10.1. The summed E-state index contributed by atoms with van der Waals surface area (Å²) in [6.07, 6.45) is 3.91. The van der Waals surface area contributed by atoms with Gasteiger partial charge in [-0.05, 0) is 36.2 Å². The lowest BCUT2D eigenvalue weighted by Crippen LogP contribution is -1.99. The second-order valence-electron chi connectivity index (χ2n) is 4.51. The molecule has 0 amide bonds. The van der Waals surface area contributed by atoms with Crippen LogP contribution in [0.15, 0.2) is 36.7 Å². The van der Waals surface area contributed by atoms with Crippen molar-refractivity contribution >= 4 is 11.6 Å². The van der Waals surface area contributed by atoms with E-state index in [0.717, 1.165) is 16.7 Å². The van der Waals surface area contributed by atoms with E-state index in [1.807, 2.05) is 13.0 Å². The van der Waals surface area contributed by atoms with Crippen molar-refractivity contribution in [2.75, 3.05) is 5.88 Å². The molecular weight excluding hydrogens is 289 g/mol. The number of hydrogen-bond donors (Lipinski definition) is 0. The summed E-state index contributed by atoms with van der Waals surface area (Å²) >= 11 is 5.57. The normalized spacial score (nSPS) is 9.86.